The molecule has 1 aromatic rings. The van der Waals surface area contributed by atoms with Gasteiger partial charge in [0.25, 0.3) is 5.92 Å². The van der Waals surface area contributed by atoms with Gasteiger partial charge in [0.2, 0.25) is 0 Å². The fraction of sp³-hybridized carbons (Fsp3) is 0.400. The molecule has 0 saturated carbocycles. The average molecular weight is 236 g/mol. The van der Waals surface area contributed by atoms with Crippen molar-refractivity contribution in [1.82, 2.24) is 5.48 Å². The van der Waals surface area contributed by atoms with Crippen LogP contribution >= 0.6 is 11.6 Å². The summed E-state index contributed by atoms with van der Waals surface area (Å²) in [5, 5.41) is 0.304. The molecule has 2 nitrogen and oxygen atoms in total. The van der Waals surface area contributed by atoms with E-state index >= 15 is 0 Å². The van der Waals surface area contributed by atoms with Gasteiger partial charge in [-0.15, -0.1) is 0 Å². The van der Waals surface area contributed by atoms with Crippen LogP contribution in [0.25, 0.3) is 0 Å². The van der Waals surface area contributed by atoms with Crippen LogP contribution in [-0.4, -0.2) is 7.11 Å². The lowest BCUT2D eigenvalue weighted by Gasteiger charge is -2.12. The lowest BCUT2D eigenvalue weighted by Crippen LogP contribution is -2.12. The fourth-order valence-corrected chi connectivity index (χ4v) is 1.36. The third-order valence-electron chi connectivity index (χ3n) is 1.97. The maximum atomic E-state index is 12.9. The number of hydroxylamine groups is 1. The van der Waals surface area contributed by atoms with Gasteiger partial charge < -0.3 is 4.84 Å². The van der Waals surface area contributed by atoms with E-state index in [9.17, 15) is 8.78 Å². The van der Waals surface area contributed by atoms with Crippen molar-refractivity contribution in [2.75, 3.05) is 7.11 Å². The van der Waals surface area contributed by atoms with E-state index in [-0.39, 0.29) is 5.56 Å². The lowest BCUT2D eigenvalue weighted by atomic mass is 10.1. The highest BCUT2D eigenvalue weighted by Crippen LogP contribution is 2.30. The van der Waals surface area contributed by atoms with Gasteiger partial charge in [-0.05, 0) is 11.6 Å². The first-order valence-corrected chi connectivity index (χ1v) is 4.75. The number of halogens is 3. The van der Waals surface area contributed by atoms with Crippen molar-refractivity contribution in [3.8, 4) is 0 Å². The molecular formula is C10H12ClF2NO. The highest BCUT2D eigenvalue weighted by atomic mass is 35.5. The highest BCUT2D eigenvalue weighted by Gasteiger charge is 2.24. The van der Waals surface area contributed by atoms with Crippen LogP contribution in [0.1, 0.15) is 18.1 Å². The monoisotopic (exact) mass is 235 g/mol. The molecule has 0 amide bonds. The Labute approximate surface area is 92.1 Å². The van der Waals surface area contributed by atoms with Crippen molar-refractivity contribution in [2.24, 2.45) is 0 Å². The molecule has 0 atom stereocenters. The van der Waals surface area contributed by atoms with Crippen molar-refractivity contribution in [3.63, 3.8) is 0 Å². The molecule has 0 aliphatic heterocycles. The molecule has 1 N–H and O–H groups in total. The zero-order valence-corrected chi connectivity index (χ0v) is 9.24. The van der Waals surface area contributed by atoms with Crippen LogP contribution in [0, 0.1) is 0 Å². The zero-order valence-electron chi connectivity index (χ0n) is 8.48. The number of hydrogen-bond donors (Lipinski definition) is 1. The summed E-state index contributed by atoms with van der Waals surface area (Å²) in [7, 11) is 1.47. The van der Waals surface area contributed by atoms with Gasteiger partial charge in [0.15, 0.2) is 0 Å². The van der Waals surface area contributed by atoms with E-state index < -0.39 is 5.92 Å². The van der Waals surface area contributed by atoms with Gasteiger partial charge in [-0.1, -0.05) is 23.7 Å². The van der Waals surface area contributed by atoms with Crippen molar-refractivity contribution in [1.29, 1.82) is 0 Å². The molecular weight excluding hydrogens is 224 g/mol. The lowest BCUT2D eigenvalue weighted by molar-refractivity contribution is 0.0174. The summed E-state index contributed by atoms with van der Waals surface area (Å²) in [5.41, 5.74) is 3.22. The van der Waals surface area contributed by atoms with Gasteiger partial charge in [0.05, 0.1) is 7.11 Å². The molecule has 0 saturated heterocycles. The van der Waals surface area contributed by atoms with Crippen molar-refractivity contribution < 1.29 is 13.6 Å². The van der Waals surface area contributed by atoms with E-state index in [2.05, 4.69) is 10.3 Å². The Morgan fingerprint density at radius 1 is 1.47 bits per heavy atom. The fourth-order valence-electron chi connectivity index (χ4n) is 1.11. The van der Waals surface area contributed by atoms with Crippen molar-refractivity contribution in [2.45, 2.75) is 19.4 Å². The van der Waals surface area contributed by atoms with Gasteiger partial charge in [0, 0.05) is 24.1 Å². The summed E-state index contributed by atoms with van der Waals surface area (Å²) in [6, 6.07) is 4.19. The average Bonchev–Trinajstić information content (AvgIpc) is 2.14. The van der Waals surface area contributed by atoms with Crippen molar-refractivity contribution >= 4 is 11.6 Å². The van der Waals surface area contributed by atoms with Gasteiger partial charge in [0.1, 0.15) is 0 Å². The molecule has 0 heterocycles. The molecule has 0 aliphatic carbocycles. The first kappa shape index (κ1) is 12.4. The summed E-state index contributed by atoms with van der Waals surface area (Å²) in [6.45, 7) is 1.22. The Hall–Kier alpha value is -0.710. The summed E-state index contributed by atoms with van der Waals surface area (Å²) >= 11 is 5.84. The van der Waals surface area contributed by atoms with E-state index in [1.165, 1.54) is 19.2 Å². The summed E-state index contributed by atoms with van der Waals surface area (Å²) in [5.74, 6) is -2.86. The standard InChI is InChI=1S/C10H12ClF2NO/c1-10(12,13)8-4-3-7(6-14-15-2)9(11)5-8/h3-5,14H,6H2,1-2H3. The predicted molar refractivity (Wildman–Crippen MR) is 54.9 cm³/mol. The second-order valence-corrected chi connectivity index (χ2v) is 3.63. The Balaban J connectivity index is 2.88. The normalized spacial score (nSPS) is 11.8. The van der Waals surface area contributed by atoms with Crippen LogP contribution in [0.3, 0.4) is 0 Å². The molecule has 1 rings (SSSR count). The number of alkyl halides is 2. The Morgan fingerprint density at radius 3 is 2.60 bits per heavy atom. The van der Waals surface area contributed by atoms with E-state index in [4.69, 9.17) is 11.6 Å². The Kier molecular flexibility index (Phi) is 4.02. The van der Waals surface area contributed by atoms with Gasteiger partial charge in [-0.3, -0.25) is 0 Å². The molecule has 0 fully saturated rings. The van der Waals surface area contributed by atoms with Crippen LogP contribution in [0.2, 0.25) is 5.02 Å². The highest BCUT2D eigenvalue weighted by molar-refractivity contribution is 6.31. The number of nitrogens with one attached hydrogen (secondary N) is 1. The molecule has 0 aliphatic rings. The second kappa shape index (κ2) is 4.88. The Morgan fingerprint density at radius 2 is 2.13 bits per heavy atom. The summed E-state index contributed by atoms with van der Waals surface area (Å²) < 4.78 is 25.8. The molecule has 15 heavy (non-hydrogen) atoms. The van der Waals surface area contributed by atoms with Crippen LogP contribution in [-0.2, 0) is 17.3 Å². The molecule has 0 aromatic heterocycles. The number of hydrogen-bond acceptors (Lipinski definition) is 2. The second-order valence-electron chi connectivity index (χ2n) is 3.22. The Bertz CT molecular complexity index is 339. The van der Waals surface area contributed by atoms with Crippen LogP contribution < -0.4 is 5.48 Å². The zero-order chi connectivity index (χ0) is 11.5. The smallest absolute Gasteiger partial charge is 0.270 e. The molecule has 0 bridgehead atoms. The number of rotatable bonds is 4. The van der Waals surface area contributed by atoms with Crippen LogP contribution in [0.4, 0.5) is 8.78 Å². The van der Waals surface area contributed by atoms with Crippen LogP contribution in [0.5, 0.6) is 0 Å². The third kappa shape index (κ3) is 3.41. The van der Waals surface area contributed by atoms with E-state index in [1.54, 1.807) is 6.07 Å². The molecule has 1 aromatic carbocycles. The molecule has 0 spiro atoms. The molecule has 84 valence electrons. The quantitative estimate of drug-likeness (QED) is 0.810. The largest absolute Gasteiger partial charge is 0.305 e. The maximum absolute atomic E-state index is 12.9. The third-order valence-corrected chi connectivity index (χ3v) is 2.32. The molecule has 5 heteroatoms. The minimum Gasteiger partial charge on any atom is -0.305 e. The van der Waals surface area contributed by atoms with Gasteiger partial charge >= 0.3 is 0 Å². The van der Waals surface area contributed by atoms with Crippen LogP contribution in [0.15, 0.2) is 18.2 Å². The van der Waals surface area contributed by atoms with Gasteiger partial charge in [-0.25, -0.2) is 8.78 Å². The summed E-state index contributed by atoms with van der Waals surface area (Å²) in [6.07, 6.45) is 0. The van der Waals surface area contributed by atoms with E-state index in [0.717, 1.165) is 6.92 Å². The first-order chi connectivity index (χ1) is 6.95. The minimum atomic E-state index is -2.86. The summed E-state index contributed by atoms with van der Waals surface area (Å²) in [4.78, 5) is 4.64. The minimum absolute atomic E-state index is 0.0892. The van der Waals surface area contributed by atoms with E-state index in [0.29, 0.717) is 17.1 Å². The van der Waals surface area contributed by atoms with Gasteiger partial charge in [-0.2, -0.15) is 5.48 Å². The first-order valence-electron chi connectivity index (χ1n) is 4.37. The van der Waals surface area contributed by atoms with E-state index in [1.807, 2.05) is 0 Å². The van der Waals surface area contributed by atoms with Crippen molar-refractivity contribution in [3.05, 3.63) is 34.3 Å². The SMILES string of the molecule is CONCc1ccc(C(C)(F)F)cc1Cl. The molecule has 0 unspecified atom stereocenters. The predicted octanol–water partition coefficient (Wildman–Crippen LogP) is 3.10. The topological polar surface area (TPSA) is 21.3 Å². The maximum Gasteiger partial charge on any atom is 0.270 e. The molecule has 0 radical (unpaired) electrons. The number of benzene rings is 1.